The fourth-order valence-corrected chi connectivity index (χ4v) is 1.38. The number of rotatable bonds is 3. The maximum atomic E-state index is 12.7. The van der Waals surface area contributed by atoms with Gasteiger partial charge in [0, 0.05) is 11.6 Å². The summed E-state index contributed by atoms with van der Waals surface area (Å²) >= 11 is 0. The number of furan rings is 1. The number of primary amides is 1. The normalized spacial score (nSPS) is 10.9. The number of hydrogen-bond donors (Lipinski definition) is 1. The van der Waals surface area contributed by atoms with Crippen molar-refractivity contribution in [2.45, 2.75) is 0 Å². The van der Waals surface area contributed by atoms with Crippen LogP contribution in [-0.4, -0.2) is 5.91 Å². The largest absolute Gasteiger partial charge is 0.457 e. The van der Waals surface area contributed by atoms with Gasteiger partial charge >= 0.3 is 0 Å². The molecule has 0 spiro atoms. The lowest BCUT2D eigenvalue weighted by Gasteiger charge is -1.95. The van der Waals surface area contributed by atoms with Crippen LogP contribution in [0.25, 0.3) is 17.4 Å². The van der Waals surface area contributed by atoms with E-state index in [1.165, 1.54) is 24.3 Å². The van der Waals surface area contributed by atoms with Crippen LogP contribution < -0.4 is 5.73 Å². The third kappa shape index (κ3) is 2.81. The van der Waals surface area contributed by atoms with Crippen molar-refractivity contribution in [2.24, 2.45) is 5.73 Å². The van der Waals surface area contributed by atoms with Gasteiger partial charge in [0.15, 0.2) is 0 Å². The predicted molar refractivity (Wildman–Crippen MR) is 62.3 cm³/mol. The Kier molecular flexibility index (Phi) is 3.05. The van der Waals surface area contributed by atoms with Gasteiger partial charge in [-0.15, -0.1) is 0 Å². The second-order valence-electron chi connectivity index (χ2n) is 3.44. The molecule has 4 heteroatoms. The number of amides is 1. The molecule has 0 bridgehead atoms. The quantitative estimate of drug-likeness (QED) is 0.825. The van der Waals surface area contributed by atoms with E-state index in [9.17, 15) is 9.18 Å². The van der Waals surface area contributed by atoms with Crippen molar-refractivity contribution in [2.75, 3.05) is 0 Å². The zero-order valence-electron chi connectivity index (χ0n) is 8.89. The van der Waals surface area contributed by atoms with Crippen molar-refractivity contribution in [1.29, 1.82) is 0 Å². The van der Waals surface area contributed by atoms with Gasteiger partial charge in [0.1, 0.15) is 17.3 Å². The highest BCUT2D eigenvalue weighted by Gasteiger charge is 2.03. The first-order chi connectivity index (χ1) is 8.15. The molecule has 3 nitrogen and oxygen atoms in total. The molecule has 0 saturated carbocycles. The molecule has 0 radical (unpaired) electrons. The zero-order chi connectivity index (χ0) is 12.3. The summed E-state index contributed by atoms with van der Waals surface area (Å²) in [5.41, 5.74) is 5.73. The molecular weight excluding hydrogens is 221 g/mol. The maximum Gasteiger partial charge on any atom is 0.241 e. The molecule has 1 aromatic carbocycles. The van der Waals surface area contributed by atoms with Gasteiger partial charge in [-0.2, -0.15) is 0 Å². The molecule has 0 atom stereocenters. The van der Waals surface area contributed by atoms with Gasteiger partial charge in [-0.3, -0.25) is 4.79 Å². The smallest absolute Gasteiger partial charge is 0.241 e. The summed E-state index contributed by atoms with van der Waals surface area (Å²) < 4.78 is 18.2. The summed E-state index contributed by atoms with van der Waals surface area (Å²) in [6.45, 7) is 0. The first kappa shape index (κ1) is 11.1. The van der Waals surface area contributed by atoms with Gasteiger partial charge in [-0.05, 0) is 42.5 Å². The predicted octanol–water partition coefficient (Wildman–Crippen LogP) is 2.58. The zero-order valence-corrected chi connectivity index (χ0v) is 8.89. The van der Waals surface area contributed by atoms with Crippen LogP contribution in [0.2, 0.25) is 0 Å². The Balaban J connectivity index is 2.23. The minimum Gasteiger partial charge on any atom is -0.457 e. The van der Waals surface area contributed by atoms with Gasteiger partial charge in [0.2, 0.25) is 5.91 Å². The molecule has 0 saturated heterocycles. The highest BCUT2D eigenvalue weighted by molar-refractivity contribution is 5.89. The van der Waals surface area contributed by atoms with E-state index < -0.39 is 5.91 Å². The summed E-state index contributed by atoms with van der Waals surface area (Å²) in [6.07, 6.45) is 2.70. The van der Waals surface area contributed by atoms with Crippen LogP contribution in [0.5, 0.6) is 0 Å². The monoisotopic (exact) mass is 231 g/mol. The highest BCUT2D eigenvalue weighted by Crippen LogP contribution is 2.22. The molecule has 0 aliphatic heterocycles. The minimum atomic E-state index is -0.537. The number of carbonyl (C=O) groups excluding carboxylic acids is 1. The first-order valence-electron chi connectivity index (χ1n) is 4.98. The summed E-state index contributed by atoms with van der Waals surface area (Å²) in [7, 11) is 0. The summed E-state index contributed by atoms with van der Waals surface area (Å²) in [4.78, 5) is 10.5. The Labute approximate surface area is 97.4 Å². The fourth-order valence-electron chi connectivity index (χ4n) is 1.38. The van der Waals surface area contributed by atoms with E-state index in [2.05, 4.69) is 0 Å². The Morgan fingerprint density at radius 2 is 1.88 bits per heavy atom. The van der Waals surface area contributed by atoms with Crippen LogP contribution in [0, 0.1) is 5.82 Å². The molecular formula is C13H10FNO2. The van der Waals surface area contributed by atoms with Crippen molar-refractivity contribution < 1.29 is 13.6 Å². The van der Waals surface area contributed by atoms with Gasteiger partial charge in [-0.25, -0.2) is 4.39 Å². The van der Waals surface area contributed by atoms with Crippen molar-refractivity contribution in [3.63, 3.8) is 0 Å². The molecule has 2 aromatic rings. The Morgan fingerprint density at radius 3 is 2.53 bits per heavy atom. The SMILES string of the molecule is NC(=O)/C=C/c1ccc(-c2ccc(F)cc2)o1. The average molecular weight is 231 g/mol. The molecule has 1 aromatic heterocycles. The molecule has 0 aliphatic rings. The molecule has 1 amide bonds. The summed E-state index contributed by atoms with van der Waals surface area (Å²) in [6, 6.07) is 9.41. The Morgan fingerprint density at radius 1 is 1.18 bits per heavy atom. The van der Waals surface area contributed by atoms with Crippen LogP contribution in [0.1, 0.15) is 5.76 Å². The van der Waals surface area contributed by atoms with E-state index in [1.807, 2.05) is 0 Å². The number of nitrogens with two attached hydrogens (primary N) is 1. The standard InChI is InChI=1S/C13H10FNO2/c14-10-3-1-9(2-4-10)12-7-5-11(17-12)6-8-13(15)16/h1-8H,(H2,15,16)/b8-6+. The average Bonchev–Trinajstić information content (AvgIpc) is 2.76. The van der Waals surface area contributed by atoms with Crippen molar-refractivity contribution in [1.82, 2.24) is 0 Å². The van der Waals surface area contributed by atoms with E-state index in [0.717, 1.165) is 5.56 Å². The molecule has 0 unspecified atom stereocenters. The molecule has 0 fully saturated rings. The van der Waals surface area contributed by atoms with Crippen LogP contribution in [0.4, 0.5) is 4.39 Å². The number of hydrogen-bond acceptors (Lipinski definition) is 2. The lowest BCUT2D eigenvalue weighted by Crippen LogP contribution is -2.04. The molecule has 2 rings (SSSR count). The van der Waals surface area contributed by atoms with Crippen LogP contribution in [0.15, 0.2) is 46.9 Å². The molecule has 86 valence electrons. The van der Waals surface area contributed by atoms with Crippen LogP contribution in [-0.2, 0) is 4.79 Å². The van der Waals surface area contributed by atoms with Crippen molar-refractivity contribution in [3.05, 3.63) is 54.1 Å². The van der Waals surface area contributed by atoms with E-state index in [4.69, 9.17) is 10.2 Å². The number of carbonyl (C=O) groups is 1. The van der Waals surface area contributed by atoms with Gasteiger partial charge in [0.05, 0.1) is 0 Å². The lowest BCUT2D eigenvalue weighted by molar-refractivity contribution is -0.113. The van der Waals surface area contributed by atoms with Crippen LogP contribution in [0.3, 0.4) is 0 Å². The van der Waals surface area contributed by atoms with E-state index in [0.29, 0.717) is 11.5 Å². The molecule has 2 N–H and O–H groups in total. The van der Waals surface area contributed by atoms with E-state index >= 15 is 0 Å². The van der Waals surface area contributed by atoms with Gasteiger partial charge < -0.3 is 10.2 Å². The summed E-state index contributed by atoms with van der Waals surface area (Å²) in [5, 5.41) is 0. The third-order valence-corrected chi connectivity index (χ3v) is 2.17. The third-order valence-electron chi connectivity index (χ3n) is 2.17. The van der Waals surface area contributed by atoms with Crippen LogP contribution >= 0.6 is 0 Å². The fraction of sp³-hybridized carbons (Fsp3) is 0. The van der Waals surface area contributed by atoms with Gasteiger partial charge in [0.25, 0.3) is 0 Å². The first-order valence-corrected chi connectivity index (χ1v) is 4.98. The van der Waals surface area contributed by atoms with Crippen molar-refractivity contribution >= 4 is 12.0 Å². The number of benzene rings is 1. The van der Waals surface area contributed by atoms with Crippen molar-refractivity contribution in [3.8, 4) is 11.3 Å². The molecule has 1 heterocycles. The summed E-state index contributed by atoms with van der Waals surface area (Å²) in [5.74, 6) is 0.288. The second-order valence-corrected chi connectivity index (χ2v) is 3.44. The molecule has 0 aliphatic carbocycles. The minimum absolute atomic E-state index is 0.297. The topological polar surface area (TPSA) is 56.2 Å². The second kappa shape index (κ2) is 4.65. The van der Waals surface area contributed by atoms with E-state index in [1.54, 1.807) is 24.3 Å². The van der Waals surface area contributed by atoms with Gasteiger partial charge in [-0.1, -0.05) is 0 Å². The highest BCUT2D eigenvalue weighted by atomic mass is 19.1. The number of halogens is 1. The molecule has 17 heavy (non-hydrogen) atoms. The maximum absolute atomic E-state index is 12.7. The lowest BCUT2D eigenvalue weighted by atomic mass is 10.2. The Hall–Kier alpha value is -2.36. The Bertz CT molecular complexity index is 555. The van der Waals surface area contributed by atoms with E-state index in [-0.39, 0.29) is 5.82 Å².